The lowest BCUT2D eigenvalue weighted by atomic mass is 10.3. The number of amides is 1. The predicted molar refractivity (Wildman–Crippen MR) is 85.7 cm³/mol. The molecule has 116 valence electrons. The zero-order valence-electron chi connectivity index (χ0n) is 12.2. The highest BCUT2D eigenvalue weighted by Gasteiger charge is 2.05. The van der Waals surface area contributed by atoms with Gasteiger partial charge in [-0.2, -0.15) is 5.10 Å². The average molecular weight is 309 g/mol. The van der Waals surface area contributed by atoms with Gasteiger partial charge in [-0.05, 0) is 36.4 Å². The molecule has 0 fully saturated rings. The Bertz CT molecular complexity index is 741. The molecule has 0 aliphatic heterocycles. The third-order valence-electron chi connectivity index (χ3n) is 2.95. The molecule has 1 aromatic heterocycles. The van der Waals surface area contributed by atoms with Gasteiger partial charge in [-0.25, -0.2) is 0 Å². The summed E-state index contributed by atoms with van der Waals surface area (Å²) in [4.78, 5) is 11.7. The van der Waals surface area contributed by atoms with Gasteiger partial charge in [-0.15, -0.1) is 0 Å². The van der Waals surface area contributed by atoms with Crippen LogP contribution in [-0.2, 0) is 4.79 Å². The maximum Gasteiger partial charge on any atom is 0.263 e. The van der Waals surface area contributed by atoms with Crippen molar-refractivity contribution in [3.05, 3.63) is 66.9 Å². The number of anilines is 1. The molecule has 0 radical (unpaired) electrons. The van der Waals surface area contributed by atoms with Gasteiger partial charge in [0.1, 0.15) is 23.1 Å². The predicted octanol–water partition coefficient (Wildman–Crippen LogP) is 3.22. The molecule has 23 heavy (non-hydrogen) atoms. The number of carbonyl (C=O) groups is 1. The first kappa shape index (κ1) is 14.6. The van der Waals surface area contributed by atoms with E-state index in [1.165, 1.54) is 0 Å². The van der Waals surface area contributed by atoms with Crippen molar-refractivity contribution in [2.45, 2.75) is 0 Å². The van der Waals surface area contributed by atoms with Crippen molar-refractivity contribution in [1.82, 2.24) is 10.2 Å². The number of H-pyrrole nitrogens is 1. The summed E-state index contributed by atoms with van der Waals surface area (Å²) >= 11 is 0. The molecule has 0 bridgehead atoms. The lowest BCUT2D eigenvalue weighted by Crippen LogP contribution is -2.20. The van der Waals surface area contributed by atoms with Gasteiger partial charge in [0.2, 0.25) is 0 Å². The van der Waals surface area contributed by atoms with Gasteiger partial charge in [0, 0.05) is 6.07 Å². The molecule has 3 aromatic rings. The SMILES string of the molecule is O=C(COc1ccc(Oc2ccccc2)cc1)Nc1ccn[nH]1. The first-order valence-corrected chi connectivity index (χ1v) is 7.04. The van der Waals surface area contributed by atoms with Crippen LogP contribution in [0.25, 0.3) is 0 Å². The molecular weight excluding hydrogens is 294 g/mol. The van der Waals surface area contributed by atoms with Gasteiger partial charge >= 0.3 is 0 Å². The number of carbonyl (C=O) groups excluding carboxylic acids is 1. The Morgan fingerprint density at radius 3 is 2.35 bits per heavy atom. The highest BCUT2D eigenvalue weighted by molar-refractivity contribution is 5.90. The van der Waals surface area contributed by atoms with Crippen LogP contribution in [0.5, 0.6) is 17.2 Å². The van der Waals surface area contributed by atoms with Crippen LogP contribution in [0.4, 0.5) is 5.82 Å². The Balaban J connectivity index is 1.50. The summed E-state index contributed by atoms with van der Waals surface area (Å²) in [6.07, 6.45) is 1.56. The highest BCUT2D eigenvalue weighted by Crippen LogP contribution is 2.23. The van der Waals surface area contributed by atoms with E-state index in [1.807, 2.05) is 30.3 Å². The van der Waals surface area contributed by atoms with Crippen LogP contribution < -0.4 is 14.8 Å². The topological polar surface area (TPSA) is 76.2 Å². The molecule has 0 saturated carbocycles. The smallest absolute Gasteiger partial charge is 0.263 e. The lowest BCUT2D eigenvalue weighted by molar-refractivity contribution is -0.118. The summed E-state index contributed by atoms with van der Waals surface area (Å²) in [6, 6.07) is 18.2. The van der Waals surface area contributed by atoms with Crippen molar-refractivity contribution in [3.63, 3.8) is 0 Å². The van der Waals surface area contributed by atoms with Crippen molar-refractivity contribution in [2.24, 2.45) is 0 Å². The van der Waals surface area contributed by atoms with E-state index in [-0.39, 0.29) is 12.5 Å². The van der Waals surface area contributed by atoms with E-state index < -0.39 is 0 Å². The number of para-hydroxylation sites is 1. The first-order chi connectivity index (χ1) is 11.3. The van der Waals surface area contributed by atoms with Crippen molar-refractivity contribution in [2.75, 3.05) is 11.9 Å². The zero-order valence-corrected chi connectivity index (χ0v) is 12.2. The minimum absolute atomic E-state index is 0.0854. The summed E-state index contributed by atoms with van der Waals surface area (Å²) in [7, 11) is 0. The van der Waals surface area contributed by atoms with Gasteiger partial charge < -0.3 is 14.8 Å². The molecule has 1 amide bonds. The van der Waals surface area contributed by atoms with E-state index in [4.69, 9.17) is 9.47 Å². The largest absolute Gasteiger partial charge is 0.484 e. The molecule has 0 aliphatic carbocycles. The Labute approximate surface area is 133 Å². The molecule has 0 atom stereocenters. The van der Waals surface area contributed by atoms with Gasteiger partial charge in [0.25, 0.3) is 5.91 Å². The molecular formula is C17H15N3O3. The van der Waals surface area contributed by atoms with Crippen molar-refractivity contribution in [3.8, 4) is 17.2 Å². The summed E-state index contributed by atoms with van der Waals surface area (Å²) in [6.45, 7) is -0.0854. The molecule has 3 rings (SSSR count). The maximum absolute atomic E-state index is 11.7. The number of aromatic nitrogens is 2. The third-order valence-corrected chi connectivity index (χ3v) is 2.95. The fourth-order valence-electron chi connectivity index (χ4n) is 1.89. The van der Waals surface area contributed by atoms with Crippen LogP contribution in [0.2, 0.25) is 0 Å². The summed E-state index contributed by atoms with van der Waals surface area (Å²) in [5, 5.41) is 9.02. The van der Waals surface area contributed by atoms with E-state index in [0.717, 1.165) is 5.75 Å². The molecule has 0 spiro atoms. The molecule has 2 N–H and O–H groups in total. The number of benzene rings is 2. The van der Waals surface area contributed by atoms with Crippen LogP contribution in [0.15, 0.2) is 66.9 Å². The Hall–Kier alpha value is -3.28. The molecule has 2 aromatic carbocycles. The van der Waals surface area contributed by atoms with Crippen LogP contribution >= 0.6 is 0 Å². The second-order valence-corrected chi connectivity index (χ2v) is 4.69. The minimum Gasteiger partial charge on any atom is -0.484 e. The van der Waals surface area contributed by atoms with Crippen LogP contribution in [-0.4, -0.2) is 22.7 Å². The fourth-order valence-corrected chi connectivity index (χ4v) is 1.89. The number of aromatic amines is 1. The quantitative estimate of drug-likeness (QED) is 0.733. The minimum atomic E-state index is -0.265. The standard InChI is InChI=1S/C17H15N3O3/c21-17(19-16-10-11-18-20-16)12-22-13-6-8-15(9-7-13)23-14-4-2-1-3-5-14/h1-11H,12H2,(H2,18,19,20,21). The number of nitrogens with zero attached hydrogens (tertiary/aromatic N) is 1. The third kappa shape index (κ3) is 4.34. The molecule has 1 heterocycles. The Morgan fingerprint density at radius 1 is 0.957 bits per heavy atom. The molecule has 0 aliphatic rings. The number of ether oxygens (including phenoxy) is 2. The van der Waals surface area contributed by atoms with Crippen LogP contribution in [0.1, 0.15) is 0 Å². The van der Waals surface area contributed by atoms with Crippen molar-refractivity contribution in [1.29, 1.82) is 0 Å². The number of hydrogen-bond acceptors (Lipinski definition) is 4. The second kappa shape index (κ2) is 7.13. The van der Waals surface area contributed by atoms with E-state index in [2.05, 4.69) is 15.5 Å². The van der Waals surface area contributed by atoms with Crippen LogP contribution in [0.3, 0.4) is 0 Å². The maximum atomic E-state index is 11.7. The summed E-state index contributed by atoms with van der Waals surface area (Å²) < 4.78 is 11.1. The Kier molecular flexibility index (Phi) is 4.54. The van der Waals surface area contributed by atoms with Crippen molar-refractivity contribution < 1.29 is 14.3 Å². The van der Waals surface area contributed by atoms with Gasteiger partial charge in [-0.3, -0.25) is 9.89 Å². The number of rotatable bonds is 6. The van der Waals surface area contributed by atoms with E-state index in [9.17, 15) is 4.79 Å². The number of hydrogen-bond donors (Lipinski definition) is 2. The summed E-state index contributed by atoms with van der Waals surface area (Å²) in [5.41, 5.74) is 0. The van der Waals surface area contributed by atoms with Crippen molar-refractivity contribution >= 4 is 11.7 Å². The number of nitrogens with one attached hydrogen (secondary N) is 2. The first-order valence-electron chi connectivity index (χ1n) is 7.04. The molecule has 0 saturated heterocycles. The van der Waals surface area contributed by atoms with Gasteiger partial charge in [0.05, 0.1) is 6.20 Å². The van der Waals surface area contributed by atoms with Crippen LogP contribution in [0, 0.1) is 0 Å². The fraction of sp³-hybridized carbons (Fsp3) is 0.0588. The second-order valence-electron chi connectivity index (χ2n) is 4.69. The lowest BCUT2D eigenvalue weighted by Gasteiger charge is -2.08. The zero-order chi connectivity index (χ0) is 15.9. The summed E-state index contributed by atoms with van der Waals surface area (Å²) in [5.74, 6) is 2.32. The van der Waals surface area contributed by atoms with Gasteiger partial charge in [-0.1, -0.05) is 18.2 Å². The van der Waals surface area contributed by atoms with E-state index >= 15 is 0 Å². The van der Waals surface area contributed by atoms with E-state index in [1.54, 1.807) is 36.5 Å². The molecule has 6 nitrogen and oxygen atoms in total. The highest BCUT2D eigenvalue weighted by atomic mass is 16.5. The van der Waals surface area contributed by atoms with Gasteiger partial charge in [0.15, 0.2) is 6.61 Å². The molecule has 0 unspecified atom stereocenters. The average Bonchev–Trinajstić information content (AvgIpc) is 3.08. The molecule has 6 heteroatoms. The Morgan fingerprint density at radius 2 is 1.65 bits per heavy atom. The van der Waals surface area contributed by atoms with E-state index in [0.29, 0.717) is 17.3 Å². The monoisotopic (exact) mass is 309 g/mol. The normalized spacial score (nSPS) is 10.1.